The molecule has 0 radical (unpaired) electrons. The first-order valence-corrected chi connectivity index (χ1v) is 7.47. The molecule has 3 aliphatic rings. The molecule has 0 aromatic heterocycles. The van der Waals surface area contributed by atoms with Crippen LogP contribution in [0.25, 0.3) is 0 Å². The molecular formula is C15H26O2. The van der Waals surface area contributed by atoms with Crippen molar-refractivity contribution in [1.29, 1.82) is 0 Å². The van der Waals surface area contributed by atoms with Crippen LogP contribution in [0.4, 0.5) is 0 Å². The minimum Gasteiger partial charge on any atom is -0.393 e. The van der Waals surface area contributed by atoms with Crippen LogP contribution in [0.2, 0.25) is 0 Å². The molecule has 3 aliphatic carbocycles. The highest BCUT2D eigenvalue weighted by Gasteiger charge is 2.52. The maximum Gasteiger partial charge on any atom is 0.0571 e. The molecule has 2 heteroatoms. The Morgan fingerprint density at radius 3 is 2.65 bits per heavy atom. The van der Waals surface area contributed by atoms with Crippen molar-refractivity contribution in [3.05, 3.63) is 0 Å². The van der Waals surface area contributed by atoms with E-state index >= 15 is 0 Å². The Hall–Kier alpha value is -0.0800. The lowest BCUT2D eigenvalue weighted by Crippen LogP contribution is -2.51. The van der Waals surface area contributed by atoms with Crippen LogP contribution in [0.1, 0.15) is 58.3 Å². The van der Waals surface area contributed by atoms with Crippen LogP contribution in [-0.4, -0.2) is 22.4 Å². The van der Waals surface area contributed by atoms with Gasteiger partial charge >= 0.3 is 0 Å². The third-order valence-corrected chi connectivity index (χ3v) is 6.23. The van der Waals surface area contributed by atoms with Gasteiger partial charge in [-0.05, 0) is 68.1 Å². The Kier molecular flexibility index (Phi) is 2.99. The maximum absolute atomic E-state index is 10.2. The molecule has 1 unspecified atom stereocenters. The Morgan fingerprint density at radius 1 is 1.00 bits per heavy atom. The van der Waals surface area contributed by atoms with Crippen molar-refractivity contribution in [3.8, 4) is 0 Å². The number of fused-ring (bicyclic) bond motifs is 3. The zero-order chi connectivity index (χ0) is 12.0. The van der Waals surface area contributed by atoms with Crippen LogP contribution in [0, 0.1) is 23.2 Å². The SMILES string of the molecule is C[C@@]12CC[C@@H](O)C[C@H]1CC[C@@H]1C(O)CCC[C@H]12. The van der Waals surface area contributed by atoms with Gasteiger partial charge in [0.25, 0.3) is 0 Å². The van der Waals surface area contributed by atoms with Crippen molar-refractivity contribution in [2.75, 3.05) is 0 Å². The van der Waals surface area contributed by atoms with Gasteiger partial charge in [-0.1, -0.05) is 13.3 Å². The van der Waals surface area contributed by atoms with Crippen LogP contribution in [0.5, 0.6) is 0 Å². The second kappa shape index (κ2) is 4.24. The standard InChI is InChI=1S/C15H26O2/c1-15-8-7-11(16)9-10(15)5-6-12-13(15)3-2-4-14(12)17/h10-14,16-17H,2-9H2,1H3/t10-,11-,12+,13-,14?,15-/m1/s1. The molecule has 0 saturated heterocycles. The van der Waals surface area contributed by atoms with E-state index in [2.05, 4.69) is 6.92 Å². The van der Waals surface area contributed by atoms with Gasteiger partial charge in [-0.3, -0.25) is 0 Å². The first-order chi connectivity index (χ1) is 8.11. The summed E-state index contributed by atoms with van der Waals surface area (Å²) in [5, 5.41) is 20.1. The van der Waals surface area contributed by atoms with Gasteiger partial charge in [0.05, 0.1) is 12.2 Å². The summed E-state index contributed by atoms with van der Waals surface area (Å²) < 4.78 is 0. The zero-order valence-electron chi connectivity index (χ0n) is 10.9. The van der Waals surface area contributed by atoms with Gasteiger partial charge in [0.1, 0.15) is 0 Å². The van der Waals surface area contributed by atoms with E-state index < -0.39 is 0 Å². The minimum atomic E-state index is -0.0573. The second-order valence-electron chi connectivity index (χ2n) is 6.98. The molecule has 0 bridgehead atoms. The molecule has 17 heavy (non-hydrogen) atoms. The quantitative estimate of drug-likeness (QED) is 0.681. The van der Waals surface area contributed by atoms with Crippen LogP contribution >= 0.6 is 0 Å². The van der Waals surface area contributed by atoms with Crippen LogP contribution in [-0.2, 0) is 0 Å². The van der Waals surface area contributed by atoms with Crippen molar-refractivity contribution in [2.24, 2.45) is 23.2 Å². The van der Waals surface area contributed by atoms with Gasteiger partial charge in [0.2, 0.25) is 0 Å². The zero-order valence-corrected chi connectivity index (χ0v) is 10.9. The lowest BCUT2D eigenvalue weighted by molar-refractivity contribution is -0.117. The Morgan fingerprint density at radius 2 is 1.82 bits per heavy atom. The van der Waals surface area contributed by atoms with Gasteiger partial charge < -0.3 is 10.2 Å². The third-order valence-electron chi connectivity index (χ3n) is 6.23. The molecule has 0 heterocycles. The van der Waals surface area contributed by atoms with Gasteiger partial charge in [0.15, 0.2) is 0 Å². The Balaban J connectivity index is 1.84. The van der Waals surface area contributed by atoms with Crippen molar-refractivity contribution in [1.82, 2.24) is 0 Å². The molecule has 0 spiro atoms. The molecule has 0 aliphatic heterocycles. The van der Waals surface area contributed by atoms with Gasteiger partial charge in [0, 0.05) is 0 Å². The molecule has 98 valence electrons. The summed E-state index contributed by atoms with van der Waals surface area (Å²) in [6.07, 6.45) is 9.01. The summed E-state index contributed by atoms with van der Waals surface area (Å²) >= 11 is 0. The monoisotopic (exact) mass is 238 g/mol. The third kappa shape index (κ3) is 1.84. The average molecular weight is 238 g/mol. The van der Waals surface area contributed by atoms with E-state index in [0.29, 0.717) is 17.3 Å². The highest BCUT2D eigenvalue weighted by atomic mass is 16.3. The number of aliphatic hydroxyl groups is 2. The highest BCUT2D eigenvalue weighted by Crippen LogP contribution is 2.58. The lowest BCUT2D eigenvalue weighted by atomic mass is 9.49. The minimum absolute atomic E-state index is 0.0432. The van der Waals surface area contributed by atoms with E-state index in [1.807, 2.05) is 0 Å². The molecular weight excluding hydrogens is 212 g/mol. The summed E-state index contributed by atoms with van der Waals surface area (Å²) in [6.45, 7) is 2.44. The number of rotatable bonds is 0. The second-order valence-corrected chi connectivity index (χ2v) is 6.98. The van der Waals surface area contributed by atoms with Crippen molar-refractivity contribution < 1.29 is 10.2 Å². The van der Waals surface area contributed by atoms with E-state index in [4.69, 9.17) is 0 Å². The maximum atomic E-state index is 10.2. The molecule has 2 N–H and O–H groups in total. The fourth-order valence-electron chi connectivity index (χ4n) is 5.18. The number of aliphatic hydroxyl groups excluding tert-OH is 2. The highest BCUT2D eigenvalue weighted by molar-refractivity contribution is 5.02. The van der Waals surface area contributed by atoms with Crippen molar-refractivity contribution >= 4 is 0 Å². The molecule has 3 saturated carbocycles. The fraction of sp³-hybridized carbons (Fsp3) is 1.00. The summed E-state index contributed by atoms with van der Waals surface area (Å²) in [5.41, 5.74) is 0.406. The van der Waals surface area contributed by atoms with E-state index in [1.165, 1.54) is 32.1 Å². The largest absolute Gasteiger partial charge is 0.393 e. The first-order valence-electron chi connectivity index (χ1n) is 7.47. The van der Waals surface area contributed by atoms with Crippen LogP contribution < -0.4 is 0 Å². The smallest absolute Gasteiger partial charge is 0.0571 e. The van der Waals surface area contributed by atoms with Gasteiger partial charge in [-0.2, -0.15) is 0 Å². The molecule has 3 fully saturated rings. The molecule has 0 aromatic carbocycles. The van der Waals surface area contributed by atoms with Crippen LogP contribution in [0.3, 0.4) is 0 Å². The fourth-order valence-corrected chi connectivity index (χ4v) is 5.18. The van der Waals surface area contributed by atoms with Crippen molar-refractivity contribution in [3.63, 3.8) is 0 Å². The summed E-state index contributed by atoms with van der Waals surface area (Å²) in [4.78, 5) is 0. The first kappa shape index (κ1) is 12.0. The molecule has 0 aromatic rings. The predicted molar refractivity (Wildman–Crippen MR) is 67.5 cm³/mol. The summed E-state index contributed by atoms with van der Waals surface area (Å²) in [6, 6.07) is 0. The average Bonchev–Trinajstić information content (AvgIpc) is 2.31. The molecule has 6 atom stereocenters. The van der Waals surface area contributed by atoms with E-state index in [-0.39, 0.29) is 12.2 Å². The molecule has 2 nitrogen and oxygen atoms in total. The number of hydrogen-bond donors (Lipinski definition) is 2. The van der Waals surface area contributed by atoms with Crippen LogP contribution in [0.15, 0.2) is 0 Å². The van der Waals surface area contributed by atoms with E-state index in [1.54, 1.807) is 0 Å². The van der Waals surface area contributed by atoms with Gasteiger partial charge in [-0.25, -0.2) is 0 Å². The lowest BCUT2D eigenvalue weighted by Gasteiger charge is -2.57. The Labute approximate surface area is 104 Å². The van der Waals surface area contributed by atoms with Gasteiger partial charge in [-0.15, -0.1) is 0 Å². The predicted octanol–water partition coefficient (Wildman–Crippen LogP) is 2.72. The topological polar surface area (TPSA) is 40.5 Å². The normalized spacial score (nSPS) is 54.9. The Bertz CT molecular complexity index is 291. The van der Waals surface area contributed by atoms with Crippen molar-refractivity contribution in [2.45, 2.75) is 70.5 Å². The molecule has 0 amide bonds. The van der Waals surface area contributed by atoms with E-state index in [0.717, 1.165) is 25.2 Å². The molecule has 3 rings (SSSR count). The number of hydrogen-bond acceptors (Lipinski definition) is 2. The summed E-state index contributed by atoms with van der Waals surface area (Å²) in [5.74, 6) is 1.98. The summed E-state index contributed by atoms with van der Waals surface area (Å²) in [7, 11) is 0. The van der Waals surface area contributed by atoms with E-state index in [9.17, 15) is 10.2 Å².